The molecule has 5 nitrogen and oxygen atoms in total. The van der Waals surface area contributed by atoms with E-state index in [4.69, 9.17) is 0 Å². The van der Waals surface area contributed by atoms with E-state index in [0.717, 1.165) is 35.4 Å². The smallest absolute Gasteiger partial charge is 0.478 e. The van der Waals surface area contributed by atoms with E-state index >= 15 is 0 Å². The van der Waals surface area contributed by atoms with Crippen molar-refractivity contribution >= 4 is 11.7 Å². The van der Waals surface area contributed by atoms with Gasteiger partial charge in [-0.3, -0.25) is 0 Å². The number of dihydropyridines is 1. The van der Waals surface area contributed by atoms with E-state index in [1.54, 1.807) is 6.92 Å². The number of nitrogens with one attached hydrogen (secondary N) is 1. The third kappa shape index (κ3) is 7.56. The monoisotopic (exact) mass is 494 g/mol. The quantitative estimate of drug-likeness (QED) is 0.274. The predicted octanol–water partition coefficient (Wildman–Crippen LogP) is 5.74. The van der Waals surface area contributed by atoms with E-state index in [9.17, 15) is 40.6 Å². The fourth-order valence-electron chi connectivity index (χ4n) is 3.00. The average Bonchev–Trinajstić information content (AvgIpc) is 2.71. The van der Waals surface area contributed by atoms with Crippen LogP contribution in [0.25, 0.3) is 5.70 Å². The number of rotatable bonds is 8. The highest BCUT2D eigenvalue weighted by Crippen LogP contribution is 2.33. The summed E-state index contributed by atoms with van der Waals surface area (Å²) in [5.74, 6) is -3.42. The van der Waals surface area contributed by atoms with Gasteiger partial charge in [0.25, 0.3) is 0 Å². The molecule has 0 fully saturated rings. The van der Waals surface area contributed by atoms with Crippen LogP contribution in [0.5, 0.6) is 5.75 Å². The first-order chi connectivity index (χ1) is 15.7. The first kappa shape index (κ1) is 26.8. The lowest BCUT2D eigenvalue weighted by atomic mass is 10.0. The number of halogens is 7. The number of aliphatic carboxylic acids is 1. The minimum Gasteiger partial charge on any atom is -0.478 e. The van der Waals surface area contributed by atoms with Gasteiger partial charge in [-0.05, 0) is 30.7 Å². The molecular formula is C22H21F7N2O3. The van der Waals surface area contributed by atoms with E-state index in [-0.39, 0.29) is 29.1 Å². The molecule has 1 aliphatic heterocycles. The van der Waals surface area contributed by atoms with E-state index in [1.807, 2.05) is 0 Å². The zero-order valence-corrected chi connectivity index (χ0v) is 18.0. The van der Waals surface area contributed by atoms with Crippen molar-refractivity contribution in [1.29, 1.82) is 0 Å². The van der Waals surface area contributed by atoms with Crippen molar-refractivity contribution in [3.63, 3.8) is 0 Å². The zero-order valence-electron chi connectivity index (χ0n) is 18.0. The second-order valence-corrected chi connectivity index (χ2v) is 7.18. The Labute approximate surface area is 190 Å². The van der Waals surface area contributed by atoms with Gasteiger partial charge in [0.2, 0.25) is 0 Å². The fraction of sp³-hybridized carbons (Fsp3) is 0.318. The van der Waals surface area contributed by atoms with Crippen LogP contribution in [0.1, 0.15) is 25.3 Å². The SMILES string of the molecule is CCC/C=C(/C=C(/c1cc(F)cc(OC(F)(F)F)c1)N(C)C1=CC(C(F)(F)F)=CNC1)C(=O)O. The molecule has 0 unspecified atom stereocenters. The molecule has 2 rings (SSSR count). The summed E-state index contributed by atoms with van der Waals surface area (Å²) in [7, 11) is 1.28. The second kappa shape index (κ2) is 10.7. The van der Waals surface area contributed by atoms with Crippen molar-refractivity contribution in [3.05, 3.63) is 70.9 Å². The first-order valence-corrected chi connectivity index (χ1v) is 9.88. The third-order valence-corrected chi connectivity index (χ3v) is 4.58. The lowest BCUT2D eigenvalue weighted by Crippen LogP contribution is -2.29. The number of allylic oxidation sites excluding steroid dienone is 3. The number of carbonyl (C=O) groups is 1. The molecule has 2 N–H and O–H groups in total. The Morgan fingerprint density at radius 3 is 2.44 bits per heavy atom. The Morgan fingerprint density at radius 1 is 1.21 bits per heavy atom. The highest BCUT2D eigenvalue weighted by atomic mass is 19.4. The molecule has 1 heterocycles. The highest BCUT2D eigenvalue weighted by molar-refractivity contribution is 5.92. The number of ether oxygens (including phenoxy) is 1. The van der Waals surface area contributed by atoms with Gasteiger partial charge in [-0.15, -0.1) is 13.2 Å². The van der Waals surface area contributed by atoms with Crippen molar-refractivity contribution in [1.82, 2.24) is 10.2 Å². The van der Waals surface area contributed by atoms with Crippen molar-refractivity contribution in [2.24, 2.45) is 0 Å². The van der Waals surface area contributed by atoms with Crippen LogP contribution in [0.3, 0.4) is 0 Å². The number of hydrogen-bond acceptors (Lipinski definition) is 4. The summed E-state index contributed by atoms with van der Waals surface area (Å²) < 4.78 is 95.5. The normalized spacial score (nSPS) is 15.3. The lowest BCUT2D eigenvalue weighted by molar-refractivity contribution is -0.274. The molecular weight excluding hydrogens is 473 g/mol. The van der Waals surface area contributed by atoms with Crippen LogP contribution in [0.4, 0.5) is 30.7 Å². The van der Waals surface area contributed by atoms with Gasteiger partial charge in [0.1, 0.15) is 11.6 Å². The molecule has 0 aliphatic carbocycles. The van der Waals surface area contributed by atoms with Crippen molar-refractivity contribution in [2.75, 3.05) is 13.6 Å². The number of unbranched alkanes of at least 4 members (excludes halogenated alkanes) is 1. The Kier molecular flexibility index (Phi) is 8.41. The number of likely N-dealkylation sites (N-methyl/N-ethyl adjacent to an activating group) is 1. The molecule has 0 atom stereocenters. The van der Waals surface area contributed by atoms with Gasteiger partial charge in [0, 0.05) is 36.3 Å². The summed E-state index contributed by atoms with van der Waals surface area (Å²) in [5.41, 5.74) is -1.70. The van der Waals surface area contributed by atoms with Crippen LogP contribution in [0, 0.1) is 5.82 Å². The number of alkyl halides is 6. The van der Waals surface area contributed by atoms with Crippen molar-refractivity contribution < 1.29 is 45.4 Å². The molecule has 1 aromatic rings. The van der Waals surface area contributed by atoms with E-state index in [0.29, 0.717) is 18.9 Å². The number of nitrogens with zero attached hydrogens (tertiary/aromatic N) is 1. The zero-order chi connectivity index (χ0) is 25.7. The van der Waals surface area contributed by atoms with Gasteiger partial charge >= 0.3 is 18.5 Å². The molecule has 0 bridgehead atoms. The Bertz CT molecular complexity index is 1040. The lowest BCUT2D eigenvalue weighted by Gasteiger charge is -2.29. The maximum Gasteiger partial charge on any atom is 0.573 e. The van der Waals surface area contributed by atoms with Gasteiger partial charge in [-0.25, -0.2) is 9.18 Å². The predicted molar refractivity (Wildman–Crippen MR) is 110 cm³/mol. The maximum absolute atomic E-state index is 14.2. The van der Waals surface area contributed by atoms with Crippen LogP contribution in [0.2, 0.25) is 0 Å². The maximum atomic E-state index is 14.2. The van der Waals surface area contributed by atoms with Crippen molar-refractivity contribution in [2.45, 2.75) is 32.3 Å². The molecule has 34 heavy (non-hydrogen) atoms. The van der Waals surface area contributed by atoms with Crippen LogP contribution in [0.15, 0.2) is 59.5 Å². The molecule has 0 spiro atoms. The fourth-order valence-corrected chi connectivity index (χ4v) is 3.00. The third-order valence-electron chi connectivity index (χ3n) is 4.58. The summed E-state index contributed by atoms with van der Waals surface area (Å²) in [6.07, 6.45) is -4.96. The topological polar surface area (TPSA) is 61.8 Å². The standard InChI is InChI=1S/C22H21F7N2O3/c1-3-4-5-13(20(32)33)8-19(14-6-16(23)10-18(7-14)34-22(27,28)29)31(2)17-9-15(11-30-12-17)21(24,25)26/h5-11,30H,3-4,12H2,1-2H3,(H,32,33)/b13-5-,19-8-. The molecule has 0 aromatic heterocycles. The van der Waals surface area contributed by atoms with Crippen LogP contribution >= 0.6 is 0 Å². The summed E-state index contributed by atoms with van der Waals surface area (Å²) in [4.78, 5) is 12.9. The summed E-state index contributed by atoms with van der Waals surface area (Å²) in [6, 6.07) is 2.11. The Balaban J connectivity index is 2.67. The van der Waals surface area contributed by atoms with Crippen LogP contribution in [-0.4, -0.2) is 42.1 Å². The van der Waals surface area contributed by atoms with E-state index in [2.05, 4.69) is 10.1 Å². The van der Waals surface area contributed by atoms with Gasteiger partial charge in [-0.1, -0.05) is 19.4 Å². The molecule has 0 saturated carbocycles. The summed E-state index contributed by atoms with van der Waals surface area (Å²) >= 11 is 0. The molecule has 186 valence electrons. The molecule has 0 radical (unpaired) electrons. The largest absolute Gasteiger partial charge is 0.573 e. The number of carboxylic acid groups (broad SMARTS) is 1. The van der Waals surface area contributed by atoms with Crippen molar-refractivity contribution in [3.8, 4) is 5.75 Å². The molecule has 0 amide bonds. The molecule has 1 aromatic carbocycles. The number of carboxylic acids is 1. The molecule has 12 heteroatoms. The van der Waals surface area contributed by atoms with Gasteiger partial charge < -0.3 is 20.1 Å². The second-order valence-electron chi connectivity index (χ2n) is 7.18. The number of hydrogen-bond donors (Lipinski definition) is 2. The Hall–Kier alpha value is -3.44. The minimum atomic E-state index is -5.13. The molecule has 1 aliphatic rings. The summed E-state index contributed by atoms with van der Waals surface area (Å²) in [6.45, 7) is 1.67. The van der Waals surface area contributed by atoms with Crippen LogP contribution in [-0.2, 0) is 4.79 Å². The minimum absolute atomic E-state index is 0.00357. The van der Waals surface area contributed by atoms with Gasteiger partial charge in [0.05, 0.1) is 17.7 Å². The highest BCUT2D eigenvalue weighted by Gasteiger charge is 2.34. The van der Waals surface area contributed by atoms with E-state index in [1.165, 1.54) is 13.1 Å². The molecule has 0 saturated heterocycles. The Morgan fingerprint density at radius 2 is 1.88 bits per heavy atom. The van der Waals surface area contributed by atoms with Gasteiger partial charge in [0.15, 0.2) is 0 Å². The summed E-state index contributed by atoms with van der Waals surface area (Å²) in [5, 5.41) is 12.0. The first-order valence-electron chi connectivity index (χ1n) is 9.88. The van der Waals surface area contributed by atoms with Crippen LogP contribution < -0.4 is 10.1 Å². The van der Waals surface area contributed by atoms with Gasteiger partial charge in [-0.2, -0.15) is 13.2 Å². The average molecular weight is 494 g/mol. The van der Waals surface area contributed by atoms with E-state index < -0.39 is 35.6 Å². The number of benzene rings is 1.